The van der Waals surface area contributed by atoms with Gasteiger partial charge in [-0.05, 0) is 31.7 Å². The number of hydrogen-bond donors (Lipinski definition) is 1. The van der Waals surface area contributed by atoms with Crippen molar-refractivity contribution < 1.29 is 9.53 Å². The largest absolute Gasteiger partial charge is 0.368 e. The molecule has 2 aliphatic heterocycles. The predicted molar refractivity (Wildman–Crippen MR) is 66.8 cm³/mol. The van der Waals surface area contributed by atoms with Crippen molar-refractivity contribution in [3.8, 4) is 0 Å². The fraction of sp³-hybridized carbons (Fsp3) is 0.923. The number of carbonyl (C=O) groups excluding carboxylic acids is 1. The number of rotatable bonds is 2. The number of amides is 1. The van der Waals surface area contributed by atoms with Crippen LogP contribution in [0, 0.1) is 5.92 Å². The number of ether oxygens (including phenoxy) is 1. The lowest BCUT2D eigenvalue weighted by atomic mass is 10.0. The fourth-order valence-corrected chi connectivity index (χ4v) is 2.57. The summed E-state index contributed by atoms with van der Waals surface area (Å²) in [6.45, 7) is 7.87. The molecule has 1 N–H and O–H groups in total. The molecule has 4 nitrogen and oxygen atoms in total. The maximum absolute atomic E-state index is 12.3. The Morgan fingerprint density at radius 1 is 1.41 bits per heavy atom. The van der Waals surface area contributed by atoms with Gasteiger partial charge in [0.1, 0.15) is 6.10 Å². The first kappa shape index (κ1) is 12.8. The zero-order valence-corrected chi connectivity index (χ0v) is 10.9. The number of nitrogens with one attached hydrogen (secondary N) is 1. The van der Waals surface area contributed by atoms with Gasteiger partial charge in [0, 0.05) is 25.7 Å². The summed E-state index contributed by atoms with van der Waals surface area (Å²) in [5, 5.41) is 3.52. The summed E-state index contributed by atoms with van der Waals surface area (Å²) >= 11 is 0. The molecule has 0 aromatic heterocycles. The van der Waals surface area contributed by atoms with Gasteiger partial charge in [-0.3, -0.25) is 4.79 Å². The van der Waals surface area contributed by atoms with Crippen LogP contribution in [-0.4, -0.2) is 49.2 Å². The maximum Gasteiger partial charge on any atom is 0.251 e. The SMILES string of the molecule is CC(C)C1CN(C(=O)C2CCCO2)CCCN1. The van der Waals surface area contributed by atoms with E-state index < -0.39 is 0 Å². The van der Waals surface area contributed by atoms with Gasteiger partial charge in [0.15, 0.2) is 0 Å². The van der Waals surface area contributed by atoms with E-state index in [-0.39, 0.29) is 12.0 Å². The standard InChI is InChI=1S/C13H24N2O2/c1-10(2)11-9-15(7-4-6-14-11)13(16)12-5-3-8-17-12/h10-12,14H,3-9H2,1-2H3. The van der Waals surface area contributed by atoms with Crippen molar-refractivity contribution in [2.75, 3.05) is 26.2 Å². The highest BCUT2D eigenvalue weighted by Crippen LogP contribution is 2.17. The third-order valence-electron chi connectivity index (χ3n) is 3.75. The molecule has 2 unspecified atom stereocenters. The highest BCUT2D eigenvalue weighted by atomic mass is 16.5. The molecule has 0 bridgehead atoms. The molecule has 0 aliphatic carbocycles. The second-order valence-electron chi connectivity index (χ2n) is 5.44. The Balaban J connectivity index is 1.95. The predicted octanol–water partition coefficient (Wildman–Crippen LogP) is 1.01. The molecule has 0 aromatic rings. The van der Waals surface area contributed by atoms with Crippen LogP contribution in [-0.2, 0) is 9.53 Å². The third-order valence-corrected chi connectivity index (χ3v) is 3.75. The van der Waals surface area contributed by atoms with E-state index in [9.17, 15) is 4.79 Å². The first-order valence-corrected chi connectivity index (χ1v) is 6.82. The van der Waals surface area contributed by atoms with E-state index in [0.717, 1.165) is 45.5 Å². The molecular weight excluding hydrogens is 216 g/mol. The summed E-state index contributed by atoms with van der Waals surface area (Å²) in [5.74, 6) is 0.768. The van der Waals surface area contributed by atoms with E-state index in [1.807, 2.05) is 4.90 Å². The highest BCUT2D eigenvalue weighted by molar-refractivity contribution is 5.81. The monoisotopic (exact) mass is 240 g/mol. The van der Waals surface area contributed by atoms with E-state index in [1.54, 1.807) is 0 Å². The molecule has 0 saturated carbocycles. The van der Waals surface area contributed by atoms with Crippen molar-refractivity contribution in [3.05, 3.63) is 0 Å². The maximum atomic E-state index is 12.3. The smallest absolute Gasteiger partial charge is 0.251 e. The van der Waals surface area contributed by atoms with Crippen LogP contribution in [0.1, 0.15) is 33.1 Å². The zero-order chi connectivity index (χ0) is 12.3. The molecule has 2 aliphatic rings. The number of carbonyl (C=O) groups is 1. The zero-order valence-electron chi connectivity index (χ0n) is 10.9. The van der Waals surface area contributed by atoms with Crippen LogP contribution in [0.15, 0.2) is 0 Å². The van der Waals surface area contributed by atoms with Crippen molar-refractivity contribution in [2.24, 2.45) is 5.92 Å². The Kier molecular flexibility index (Phi) is 4.40. The lowest BCUT2D eigenvalue weighted by molar-refractivity contribution is -0.141. The first-order valence-electron chi connectivity index (χ1n) is 6.82. The molecule has 1 amide bonds. The third kappa shape index (κ3) is 3.19. The molecule has 2 rings (SSSR count). The van der Waals surface area contributed by atoms with Gasteiger partial charge in [-0.25, -0.2) is 0 Å². The Bertz CT molecular complexity index is 262. The second kappa shape index (κ2) is 5.83. The summed E-state index contributed by atoms with van der Waals surface area (Å²) < 4.78 is 5.49. The summed E-state index contributed by atoms with van der Waals surface area (Å²) in [6, 6.07) is 0.419. The molecule has 2 atom stereocenters. The molecule has 98 valence electrons. The first-order chi connectivity index (χ1) is 8.18. The van der Waals surface area contributed by atoms with Gasteiger partial charge in [0.2, 0.25) is 0 Å². The average Bonchev–Trinajstić information content (AvgIpc) is 2.71. The molecule has 0 radical (unpaired) electrons. The summed E-state index contributed by atoms with van der Waals surface area (Å²) in [4.78, 5) is 14.3. The molecule has 2 fully saturated rings. The van der Waals surface area contributed by atoms with Crippen molar-refractivity contribution in [1.29, 1.82) is 0 Å². The van der Waals surface area contributed by atoms with E-state index in [0.29, 0.717) is 12.0 Å². The van der Waals surface area contributed by atoms with Crippen LogP contribution in [0.2, 0.25) is 0 Å². The normalized spacial score (nSPS) is 30.6. The Morgan fingerprint density at radius 2 is 2.24 bits per heavy atom. The quantitative estimate of drug-likeness (QED) is 0.783. The van der Waals surface area contributed by atoms with Crippen LogP contribution in [0.25, 0.3) is 0 Å². The lowest BCUT2D eigenvalue weighted by Crippen LogP contribution is -2.46. The van der Waals surface area contributed by atoms with Crippen LogP contribution < -0.4 is 5.32 Å². The minimum Gasteiger partial charge on any atom is -0.368 e. The van der Waals surface area contributed by atoms with Gasteiger partial charge in [0.25, 0.3) is 5.91 Å². The Labute approximate surface area is 104 Å². The lowest BCUT2D eigenvalue weighted by Gasteiger charge is -2.28. The van der Waals surface area contributed by atoms with Crippen molar-refractivity contribution in [1.82, 2.24) is 10.2 Å². The molecule has 2 heterocycles. The van der Waals surface area contributed by atoms with Crippen molar-refractivity contribution in [3.63, 3.8) is 0 Å². The Hall–Kier alpha value is -0.610. The van der Waals surface area contributed by atoms with Crippen molar-refractivity contribution in [2.45, 2.75) is 45.3 Å². The molecule has 0 spiro atoms. The van der Waals surface area contributed by atoms with Gasteiger partial charge >= 0.3 is 0 Å². The fourth-order valence-electron chi connectivity index (χ4n) is 2.57. The number of nitrogens with zero attached hydrogens (tertiary/aromatic N) is 1. The topological polar surface area (TPSA) is 41.6 Å². The van der Waals surface area contributed by atoms with Gasteiger partial charge in [0.05, 0.1) is 0 Å². The number of hydrogen-bond acceptors (Lipinski definition) is 3. The minimum atomic E-state index is -0.166. The van der Waals surface area contributed by atoms with Gasteiger partial charge in [-0.1, -0.05) is 13.8 Å². The van der Waals surface area contributed by atoms with E-state index >= 15 is 0 Å². The van der Waals surface area contributed by atoms with Crippen LogP contribution in [0.4, 0.5) is 0 Å². The summed E-state index contributed by atoms with van der Waals surface area (Å²) in [5.41, 5.74) is 0. The van der Waals surface area contributed by atoms with Crippen LogP contribution >= 0.6 is 0 Å². The van der Waals surface area contributed by atoms with Crippen LogP contribution in [0.3, 0.4) is 0 Å². The molecule has 17 heavy (non-hydrogen) atoms. The van der Waals surface area contributed by atoms with Gasteiger partial charge in [-0.15, -0.1) is 0 Å². The summed E-state index contributed by atoms with van der Waals surface area (Å²) in [7, 11) is 0. The second-order valence-corrected chi connectivity index (χ2v) is 5.44. The summed E-state index contributed by atoms with van der Waals surface area (Å²) in [6.07, 6.45) is 2.80. The van der Waals surface area contributed by atoms with E-state index in [1.165, 1.54) is 0 Å². The van der Waals surface area contributed by atoms with E-state index in [2.05, 4.69) is 19.2 Å². The molecule has 2 saturated heterocycles. The van der Waals surface area contributed by atoms with Crippen molar-refractivity contribution >= 4 is 5.91 Å². The molecule has 0 aromatic carbocycles. The van der Waals surface area contributed by atoms with E-state index in [4.69, 9.17) is 4.74 Å². The molecular formula is C13H24N2O2. The van der Waals surface area contributed by atoms with Gasteiger partial charge in [-0.2, -0.15) is 0 Å². The van der Waals surface area contributed by atoms with Gasteiger partial charge < -0.3 is 15.0 Å². The molecule has 4 heteroatoms. The average molecular weight is 240 g/mol. The minimum absolute atomic E-state index is 0.166. The Morgan fingerprint density at radius 3 is 2.88 bits per heavy atom. The van der Waals surface area contributed by atoms with Crippen LogP contribution in [0.5, 0.6) is 0 Å². The highest BCUT2D eigenvalue weighted by Gasteiger charge is 2.30.